The maximum atomic E-state index is 13.1. The molecular formula is C20H15N5O3S. The van der Waals surface area contributed by atoms with Gasteiger partial charge in [-0.3, -0.25) is 4.79 Å². The van der Waals surface area contributed by atoms with Crippen LogP contribution in [0.3, 0.4) is 0 Å². The van der Waals surface area contributed by atoms with E-state index in [9.17, 15) is 15.3 Å². The van der Waals surface area contributed by atoms with Gasteiger partial charge in [0.1, 0.15) is 34.0 Å². The van der Waals surface area contributed by atoms with Crippen LogP contribution in [0.25, 0.3) is 10.2 Å². The molecule has 1 aromatic carbocycles. The molecule has 0 amide bonds. The van der Waals surface area contributed by atoms with Gasteiger partial charge in [0.15, 0.2) is 5.75 Å². The predicted molar refractivity (Wildman–Crippen MR) is 109 cm³/mol. The minimum Gasteiger partial charge on any atom is -0.497 e. The third-order valence-electron chi connectivity index (χ3n) is 4.81. The third-order valence-corrected chi connectivity index (χ3v) is 6.01. The highest BCUT2D eigenvalue weighted by Gasteiger charge is 2.35. The fourth-order valence-corrected chi connectivity index (χ4v) is 4.52. The van der Waals surface area contributed by atoms with Crippen LogP contribution in [-0.4, -0.2) is 19.1 Å². The lowest BCUT2D eigenvalue weighted by atomic mass is 9.84. The van der Waals surface area contributed by atoms with E-state index < -0.39 is 11.5 Å². The Labute approximate surface area is 169 Å². The molecule has 0 aliphatic carbocycles. The Balaban J connectivity index is 2.05. The van der Waals surface area contributed by atoms with Crippen molar-refractivity contribution in [2.75, 3.05) is 19.5 Å². The number of fused-ring (bicyclic) bond motifs is 3. The van der Waals surface area contributed by atoms with Gasteiger partial charge in [-0.25, -0.2) is 0 Å². The van der Waals surface area contributed by atoms with E-state index in [1.54, 1.807) is 38.4 Å². The number of thiophene rings is 1. The van der Waals surface area contributed by atoms with Crippen molar-refractivity contribution in [2.45, 2.75) is 5.92 Å². The summed E-state index contributed by atoms with van der Waals surface area (Å²) < 4.78 is 11.5. The first kappa shape index (κ1) is 18.4. The molecular weight excluding hydrogens is 390 g/mol. The van der Waals surface area contributed by atoms with Crippen LogP contribution in [0, 0.1) is 22.7 Å². The summed E-state index contributed by atoms with van der Waals surface area (Å²) >= 11 is 1.28. The number of allylic oxidation sites excluding steroid dienone is 1. The molecule has 0 spiro atoms. The lowest BCUT2D eigenvalue weighted by molar-refractivity contribution is 0.397. The molecule has 0 bridgehead atoms. The van der Waals surface area contributed by atoms with Crippen molar-refractivity contribution in [3.05, 3.63) is 62.8 Å². The van der Waals surface area contributed by atoms with Crippen LogP contribution in [0.1, 0.15) is 22.6 Å². The Bertz CT molecular complexity index is 1310. The number of methoxy groups -OCH3 is 1. The molecule has 3 aromatic rings. The molecule has 0 saturated heterocycles. The number of pyridine rings is 1. The van der Waals surface area contributed by atoms with Gasteiger partial charge < -0.3 is 25.5 Å². The topological polar surface area (TPSA) is 137 Å². The number of aromatic nitrogens is 1. The molecule has 9 heteroatoms. The summed E-state index contributed by atoms with van der Waals surface area (Å²) in [4.78, 5) is 15.8. The van der Waals surface area contributed by atoms with E-state index in [4.69, 9.17) is 15.2 Å². The molecule has 0 saturated carbocycles. The SMILES string of the molecule is CNc1sc2c3c(c(=O)[nH]c2c1C#N)[C@@H](c1ccc(OC)cc1)C(C#N)=C(N)O3. The molecule has 1 aliphatic rings. The molecule has 1 atom stereocenters. The maximum absolute atomic E-state index is 13.1. The van der Waals surface area contributed by atoms with Gasteiger partial charge in [0.05, 0.1) is 28.8 Å². The van der Waals surface area contributed by atoms with Gasteiger partial charge in [0.25, 0.3) is 5.56 Å². The predicted octanol–water partition coefficient (Wildman–Crippen LogP) is 2.73. The number of hydrogen-bond acceptors (Lipinski definition) is 8. The van der Waals surface area contributed by atoms with Crippen molar-refractivity contribution in [1.82, 2.24) is 4.98 Å². The second-order valence-electron chi connectivity index (χ2n) is 6.27. The summed E-state index contributed by atoms with van der Waals surface area (Å²) in [7, 11) is 3.25. The number of nitriles is 2. The minimum absolute atomic E-state index is 0.0642. The average Bonchev–Trinajstić information content (AvgIpc) is 3.10. The molecule has 0 fully saturated rings. The number of H-pyrrole nitrogens is 1. The van der Waals surface area contributed by atoms with Crippen molar-refractivity contribution in [3.8, 4) is 23.6 Å². The Morgan fingerprint density at radius 3 is 2.59 bits per heavy atom. The second kappa shape index (κ2) is 6.89. The van der Waals surface area contributed by atoms with Gasteiger partial charge in [0, 0.05) is 7.05 Å². The Morgan fingerprint density at radius 2 is 2.00 bits per heavy atom. The molecule has 8 nitrogen and oxygen atoms in total. The van der Waals surface area contributed by atoms with Gasteiger partial charge in [-0.1, -0.05) is 12.1 Å². The summed E-state index contributed by atoms with van der Waals surface area (Å²) in [5, 5.41) is 22.8. The number of aromatic amines is 1. The van der Waals surface area contributed by atoms with E-state index in [1.165, 1.54) is 11.3 Å². The normalized spacial score (nSPS) is 15.2. The van der Waals surface area contributed by atoms with Gasteiger partial charge >= 0.3 is 0 Å². The monoisotopic (exact) mass is 405 g/mol. The summed E-state index contributed by atoms with van der Waals surface area (Å²) in [6, 6.07) is 11.2. The molecule has 1 aliphatic heterocycles. The highest BCUT2D eigenvalue weighted by atomic mass is 32.1. The number of anilines is 1. The summed E-state index contributed by atoms with van der Waals surface area (Å²) in [5.74, 6) is 0.152. The largest absolute Gasteiger partial charge is 0.497 e. The van der Waals surface area contributed by atoms with Crippen molar-refractivity contribution in [1.29, 1.82) is 10.5 Å². The highest BCUT2D eigenvalue weighted by molar-refractivity contribution is 7.23. The van der Waals surface area contributed by atoms with Crippen molar-refractivity contribution in [2.24, 2.45) is 5.73 Å². The number of hydrogen-bond donors (Lipinski definition) is 3. The van der Waals surface area contributed by atoms with E-state index in [2.05, 4.69) is 22.4 Å². The average molecular weight is 405 g/mol. The van der Waals surface area contributed by atoms with E-state index in [1.807, 2.05) is 0 Å². The van der Waals surface area contributed by atoms with Crippen LogP contribution in [0.2, 0.25) is 0 Å². The molecule has 29 heavy (non-hydrogen) atoms. The third kappa shape index (κ3) is 2.68. The fourth-order valence-electron chi connectivity index (χ4n) is 3.46. The van der Waals surface area contributed by atoms with E-state index in [0.29, 0.717) is 32.1 Å². The number of ether oxygens (including phenoxy) is 2. The second-order valence-corrected chi connectivity index (χ2v) is 7.29. The molecule has 2 aromatic heterocycles. The number of nitrogens with two attached hydrogens (primary N) is 1. The Hall–Kier alpha value is -3.95. The standard InChI is InChI=1S/C20H15N5O3S/c1-24-20-12(8-22)15-17(29-20)16-14(19(26)25-15)13(11(7-21)18(23)28-16)9-3-5-10(27-2)6-4-9/h3-6,13,24H,23H2,1-2H3,(H,25,26)/t13-/m0/s1. The van der Waals surface area contributed by atoms with Crippen LogP contribution in [-0.2, 0) is 0 Å². The zero-order valence-electron chi connectivity index (χ0n) is 15.5. The summed E-state index contributed by atoms with van der Waals surface area (Å²) in [6.45, 7) is 0. The van der Waals surface area contributed by atoms with Crippen molar-refractivity contribution < 1.29 is 9.47 Å². The van der Waals surface area contributed by atoms with Gasteiger partial charge in [-0.15, -0.1) is 11.3 Å². The molecule has 144 valence electrons. The van der Waals surface area contributed by atoms with Crippen LogP contribution in [0.15, 0.2) is 40.5 Å². The van der Waals surface area contributed by atoms with Crippen LogP contribution in [0.5, 0.6) is 11.5 Å². The van der Waals surface area contributed by atoms with E-state index >= 15 is 0 Å². The van der Waals surface area contributed by atoms with Crippen LogP contribution < -0.4 is 26.1 Å². The number of rotatable bonds is 3. The van der Waals surface area contributed by atoms with Crippen LogP contribution in [0.4, 0.5) is 5.00 Å². The lowest BCUT2D eigenvalue weighted by Crippen LogP contribution is -2.27. The number of nitrogens with one attached hydrogen (secondary N) is 2. The van der Waals surface area contributed by atoms with Gasteiger partial charge in [-0.2, -0.15) is 10.5 Å². The van der Waals surface area contributed by atoms with Gasteiger partial charge in [-0.05, 0) is 17.7 Å². The van der Waals surface area contributed by atoms with E-state index in [0.717, 1.165) is 0 Å². The molecule has 4 N–H and O–H groups in total. The van der Waals surface area contributed by atoms with Crippen molar-refractivity contribution >= 4 is 26.6 Å². The fraction of sp³-hybridized carbons (Fsp3) is 0.150. The molecule has 0 unspecified atom stereocenters. The summed E-state index contributed by atoms with van der Waals surface area (Å²) in [6.07, 6.45) is 0. The maximum Gasteiger partial charge on any atom is 0.256 e. The van der Waals surface area contributed by atoms with Crippen LogP contribution >= 0.6 is 11.3 Å². The first-order valence-corrected chi connectivity index (χ1v) is 9.37. The van der Waals surface area contributed by atoms with E-state index in [-0.39, 0.29) is 22.8 Å². The van der Waals surface area contributed by atoms with Crippen molar-refractivity contribution in [3.63, 3.8) is 0 Å². The molecule has 0 radical (unpaired) electrons. The number of benzene rings is 1. The smallest absolute Gasteiger partial charge is 0.256 e. The lowest BCUT2D eigenvalue weighted by Gasteiger charge is -2.26. The molecule has 4 rings (SSSR count). The zero-order chi connectivity index (χ0) is 20.7. The Kier molecular flexibility index (Phi) is 4.38. The Morgan fingerprint density at radius 1 is 1.28 bits per heavy atom. The molecule has 3 heterocycles. The summed E-state index contributed by atoms with van der Waals surface area (Å²) in [5.41, 5.74) is 7.46. The highest BCUT2D eigenvalue weighted by Crippen LogP contribution is 2.47. The number of nitrogens with zero attached hydrogens (tertiary/aromatic N) is 2. The zero-order valence-corrected chi connectivity index (χ0v) is 16.3. The quantitative estimate of drug-likeness (QED) is 0.609. The minimum atomic E-state index is -0.700. The first-order valence-electron chi connectivity index (χ1n) is 8.56. The first-order chi connectivity index (χ1) is 14.0. The van der Waals surface area contributed by atoms with Gasteiger partial charge in [0.2, 0.25) is 5.88 Å².